The van der Waals surface area contributed by atoms with Gasteiger partial charge in [-0.15, -0.1) is 0 Å². The predicted octanol–water partition coefficient (Wildman–Crippen LogP) is 18.2. The van der Waals surface area contributed by atoms with Crippen LogP contribution in [0.25, 0.3) is 0 Å². The Morgan fingerprint density at radius 3 is 1.34 bits per heavy atom. The third kappa shape index (κ3) is 27.0. The normalized spacial score (nSPS) is 29.2. The number of carbonyl (C=O) groups is 16. The highest BCUT2D eigenvalue weighted by Gasteiger charge is 2.70. The Kier molecular flexibility index (Phi) is 36.8. The molecule has 149 heavy (non-hydrogen) atoms. The van der Waals surface area contributed by atoms with E-state index in [4.69, 9.17) is 61.6 Å². The molecule has 25 rings (SSSR count). The van der Waals surface area contributed by atoms with Crippen molar-refractivity contribution in [3.63, 3.8) is 0 Å². The van der Waals surface area contributed by atoms with Gasteiger partial charge in [0.05, 0.1) is 69.5 Å². The van der Waals surface area contributed by atoms with Gasteiger partial charge in [-0.1, -0.05) is 108 Å². The molecule has 32 nitrogen and oxygen atoms in total. The Bertz CT molecular complexity index is 5850. The maximum Gasteiger partial charge on any atom is 0.342 e. The molecule has 4 aromatic rings. The topological polar surface area (TPSA) is 421 Å². The summed E-state index contributed by atoms with van der Waals surface area (Å²) in [6, 6.07) is 24.1. The molecule has 7 saturated heterocycles. The number of benzene rings is 4. The quantitative estimate of drug-likeness (QED) is 0.0372. The molecule has 14 bridgehead atoms. The van der Waals surface area contributed by atoms with Gasteiger partial charge >= 0.3 is 95.5 Å². The first kappa shape index (κ1) is 112. The number of hydrogen-bond donors (Lipinski definition) is 0. The van der Waals surface area contributed by atoms with E-state index in [0.29, 0.717) is 159 Å². The third-order valence-corrected chi connectivity index (χ3v) is 31.4. The average molecular weight is 2060 g/mol. The first-order valence-corrected chi connectivity index (χ1v) is 51.3. The molecule has 0 aromatic heterocycles. The van der Waals surface area contributed by atoms with Gasteiger partial charge in [-0.25, -0.2) is 47.9 Å². The van der Waals surface area contributed by atoms with Crippen molar-refractivity contribution in [3.05, 3.63) is 216 Å². The van der Waals surface area contributed by atoms with Crippen LogP contribution >= 0.6 is 0 Å². The van der Waals surface area contributed by atoms with Crippen molar-refractivity contribution in [3.8, 4) is 23.0 Å². The summed E-state index contributed by atoms with van der Waals surface area (Å²) in [5.74, 6) is 7.23. The van der Waals surface area contributed by atoms with Crippen LogP contribution < -0.4 is 18.9 Å². The largest absolute Gasteiger partial charge is 0.466 e. The summed E-state index contributed by atoms with van der Waals surface area (Å²) >= 11 is 0. The smallest absolute Gasteiger partial charge is 0.342 e. The van der Waals surface area contributed by atoms with Gasteiger partial charge in [0.2, 0.25) is 0 Å². The number of fused-ring (bicyclic) bond motifs is 23. The Labute approximate surface area is 868 Å². The molecule has 0 radical (unpaired) electrons. The first-order chi connectivity index (χ1) is 70.7. The molecule has 21 unspecified atom stereocenters. The fourth-order valence-corrected chi connectivity index (χ4v) is 25.3. The summed E-state index contributed by atoms with van der Waals surface area (Å²) in [6.45, 7) is 44.7. The summed E-state index contributed by atoms with van der Waals surface area (Å²) in [6.07, 6.45) is 23.2. The van der Waals surface area contributed by atoms with Crippen molar-refractivity contribution in [1.29, 1.82) is 0 Å². The van der Waals surface area contributed by atoms with Crippen molar-refractivity contribution in [1.82, 2.24) is 0 Å². The average Bonchev–Trinajstić information content (AvgIpc) is 1.54. The van der Waals surface area contributed by atoms with Gasteiger partial charge in [-0.3, -0.25) is 28.8 Å². The van der Waals surface area contributed by atoms with Crippen LogP contribution in [0, 0.1) is 101 Å². The molecule has 10 heterocycles. The van der Waals surface area contributed by atoms with Gasteiger partial charge < -0.3 is 75.8 Å². The van der Waals surface area contributed by atoms with Crippen LogP contribution in [0.2, 0.25) is 0 Å². The molecule has 0 amide bonds. The van der Waals surface area contributed by atoms with E-state index in [1.807, 2.05) is 19.1 Å². The van der Waals surface area contributed by atoms with E-state index in [2.05, 4.69) is 66.8 Å². The molecule has 4 aromatic carbocycles. The molecule has 798 valence electrons. The van der Waals surface area contributed by atoms with Crippen LogP contribution in [0.4, 0.5) is 0 Å². The monoisotopic (exact) mass is 2050 g/mol. The van der Waals surface area contributed by atoms with Crippen LogP contribution in [-0.4, -0.2) is 152 Å². The molecule has 11 saturated carbocycles. The van der Waals surface area contributed by atoms with Crippen molar-refractivity contribution >= 4 is 95.5 Å². The molecule has 0 N–H and O–H groups in total. The minimum absolute atomic E-state index is 0.0155. The van der Waals surface area contributed by atoms with Gasteiger partial charge in [-0.2, -0.15) is 0 Å². The number of cyclic esters (lactones) is 5. The van der Waals surface area contributed by atoms with Crippen LogP contribution in [0.1, 0.15) is 247 Å². The standard InChI is InChI=1S/2C14H18O4.C14H18O2.C13H12O4.C13H18O2.2C12H10O4.C10H10O2.3C5H8O2/c2*1-8(2)12(15)18-14-5-9-3-10(6-14)13(16)17-11(4-9)7-14;15-14-13-9-4-8(10(13)5-16-14)11-6-1-2-7(3-6)12(9)11;1-8(2)13(15)17-11-5-3-4-9-7-16-12(14)6-10(9)11;14-12-10-8-3-4-9(7-8)11(10)13(15-12)5-1-2-6-13;1-7(2)11(13)16-10-5-3-4-8-9(10)6-15-12(8)14;1-7(2)11(13)16-9-5-3-4-8-6-15-12(14)10(8)9;1-8(2)10(11)12-9-6-4-3-5-7-9;1-4-2-5(6)7-3-4;2*1-4(2)5(6)7-3/h2*9-11H,1,3-7H2,2H3;6-13H,1-5H2;3-5H,1,6-7H2,2H3;8-11H,1-7H2;2*3-5H,1,6H2,2H3;3-7H,1H2,2H3;4H,2-3H2,1H3;2*1H2,2-3H3. The van der Waals surface area contributed by atoms with Crippen LogP contribution in [0.5, 0.6) is 23.0 Å². The van der Waals surface area contributed by atoms with E-state index in [9.17, 15) is 76.7 Å². The molecule has 32 heteroatoms. The summed E-state index contributed by atoms with van der Waals surface area (Å²) in [7, 11) is 2.66. The fourth-order valence-electron chi connectivity index (χ4n) is 25.3. The Balaban J connectivity index is 0.000000138. The van der Waals surface area contributed by atoms with Crippen molar-refractivity contribution in [2.24, 2.45) is 101 Å². The summed E-state index contributed by atoms with van der Waals surface area (Å²) < 4.78 is 81.4. The molecule has 21 atom stereocenters. The van der Waals surface area contributed by atoms with E-state index in [1.165, 1.54) is 72.0 Å². The second-order valence-electron chi connectivity index (χ2n) is 43.1. The van der Waals surface area contributed by atoms with Crippen LogP contribution in [0.15, 0.2) is 182 Å². The number of para-hydroxylation sites is 1. The zero-order chi connectivity index (χ0) is 108. The lowest BCUT2D eigenvalue weighted by atomic mass is 9.64. The molecule has 1 spiro atoms. The third-order valence-electron chi connectivity index (χ3n) is 31.4. The molecular formula is C117H138O32. The highest BCUT2D eigenvalue weighted by atomic mass is 16.6. The summed E-state index contributed by atoms with van der Waals surface area (Å²) in [5, 5.41) is 0. The molecule has 18 fully saturated rings. The zero-order valence-corrected chi connectivity index (χ0v) is 87.1. The maximum absolute atomic E-state index is 12.0. The van der Waals surface area contributed by atoms with Gasteiger partial charge in [-0.05, 0) is 266 Å². The lowest BCUT2D eigenvalue weighted by Gasteiger charge is -2.45. The van der Waals surface area contributed by atoms with E-state index in [-0.39, 0.29) is 139 Å². The molecule has 11 aliphatic carbocycles. The number of rotatable bonds is 14. The Morgan fingerprint density at radius 2 is 0.839 bits per heavy atom. The molecule has 10 aliphatic heterocycles. The predicted molar refractivity (Wildman–Crippen MR) is 537 cm³/mol. The van der Waals surface area contributed by atoms with E-state index >= 15 is 0 Å². The number of ether oxygens (including phenoxy) is 16. The van der Waals surface area contributed by atoms with Crippen molar-refractivity contribution in [2.45, 2.75) is 259 Å². The van der Waals surface area contributed by atoms with Gasteiger partial charge in [0.15, 0.2) is 0 Å². The van der Waals surface area contributed by atoms with Crippen molar-refractivity contribution in [2.75, 3.05) is 27.4 Å². The van der Waals surface area contributed by atoms with Gasteiger partial charge in [0.25, 0.3) is 0 Å². The van der Waals surface area contributed by atoms with E-state index < -0.39 is 35.1 Å². The highest BCUT2D eigenvalue weighted by molar-refractivity contribution is 5.99. The minimum atomic E-state index is -0.548. The fraction of sp³-hybridized carbons (Fsp3) is 0.521. The number of methoxy groups -OCH3 is 2. The van der Waals surface area contributed by atoms with Gasteiger partial charge in [0.1, 0.15) is 77.4 Å². The Morgan fingerprint density at radius 1 is 0.376 bits per heavy atom. The maximum atomic E-state index is 12.0. The Hall–Kier alpha value is -13.7. The lowest BCUT2D eigenvalue weighted by molar-refractivity contribution is -0.170. The SMILES string of the molecule is C=C(C)C(=O)OC.C=C(C)C(=O)OC.C=C(C)C(=O)OC12CC3CC(C1)OC(=O)C(C3)C2.C=C(C)C(=O)OC12CC3CC(C1)OC(=O)C(C3)C2.C=C(C)C(=O)Oc1cccc2c1C(=O)OC2.C=C(C)C(=O)Oc1cccc2c1CC(=O)OC2.C=C(C)C(=O)Oc1cccc2c1COC2=O.C=C(C)C(=O)Oc1ccccc1.CC1COC(=O)C1.O=C1OC2(CCCC2)C2C3CCC(C3)C12.O=C1OCC2C3CC(C12)C1C2CCC(C2)C31. The van der Waals surface area contributed by atoms with Gasteiger partial charge in [0, 0.05) is 105 Å². The number of hydrogen-bond acceptors (Lipinski definition) is 32. The molecule has 21 aliphatic rings. The second kappa shape index (κ2) is 48.7. The lowest BCUT2D eigenvalue weighted by Crippen LogP contribution is -2.48. The minimum Gasteiger partial charge on any atom is -0.466 e. The van der Waals surface area contributed by atoms with E-state index in [1.54, 1.807) is 128 Å². The summed E-state index contributed by atoms with van der Waals surface area (Å²) in [5.41, 5.74) is 5.77. The molecular weight excluding hydrogens is 1920 g/mol. The highest BCUT2D eigenvalue weighted by Crippen LogP contribution is 2.72. The number of carbonyl (C=O) groups excluding carboxylic acids is 16. The van der Waals surface area contributed by atoms with Crippen LogP contribution in [-0.2, 0) is 150 Å². The van der Waals surface area contributed by atoms with Crippen molar-refractivity contribution < 1.29 is 153 Å². The first-order valence-electron chi connectivity index (χ1n) is 51.3. The van der Waals surface area contributed by atoms with E-state index in [0.717, 1.165) is 116 Å². The zero-order valence-electron chi connectivity index (χ0n) is 87.1. The second-order valence-corrected chi connectivity index (χ2v) is 43.1. The number of esters is 16. The summed E-state index contributed by atoms with van der Waals surface area (Å²) in [4.78, 5) is 181. The van der Waals surface area contributed by atoms with Crippen LogP contribution in [0.3, 0.4) is 0 Å².